The average Bonchev–Trinajstić information content (AvgIpc) is 2.24. The normalized spacial score (nSPS) is 23.1. The van der Waals surface area contributed by atoms with Gasteiger partial charge in [0.05, 0.1) is 24.9 Å². The fourth-order valence-electron chi connectivity index (χ4n) is 2.48. The molecule has 1 atom stereocenters. The molecule has 0 unspecified atom stereocenters. The van der Waals surface area contributed by atoms with Crippen molar-refractivity contribution in [2.75, 3.05) is 46.9 Å². The Labute approximate surface area is 123 Å². The lowest BCUT2D eigenvalue weighted by atomic mass is 10.1. The van der Waals surface area contributed by atoms with Crippen LogP contribution in [0.15, 0.2) is 0 Å². The first-order valence-electron chi connectivity index (χ1n) is 6.72. The average molecular weight is 312 g/mol. The van der Waals surface area contributed by atoms with Crippen molar-refractivity contribution in [3.8, 4) is 0 Å². The van der Waals surface area contributed by atoms with Crippen molar-refractivity contribution in [2.24, 2.45) is 0 Å². The van der Waals surface area contributed by atoms with Gasteiger partial charge in [0.25, 0.3) is 0 Å². The predicted octanol–water partition coefficient (Wildman–Crippen LogP) is 1.13. The van der Waals surface area contributed by atoms with Crippen LogP contribution >= 0.6 is 0 Å². The molecule has 1 aliphatic rings. The van der Waals surface area contributed by atoms with Crippen LogP contribution in [0.1, 0.15) is 13.8 Å². The summed E-state index contributed by atoms with van der Waals surface area (Å²) in [7, 11) is 2.71. The third kappa shape index (κ3) is 6.62. The van der Waals surface area contributed by atoms with Gasteiger partial charge in [-0.3, -0.25) is 9.69 Å². The topological polar surface area (TPSA) is 42.0 Å². The molecule has 1 aliphatic heterocycles. The highest BCUT2D eigenvalue weighted by molar-refractivity contribution is 5.78. The Morgan fingerprint density at radius 2 is 2.10 bits per heavy atom. The van der Waals surface area contributed by atoms with Gasteiger partial charge in [-0.05, 0) is 13.8 Å². The largest absolute Gasteiger partial charge is 0.406 e. The first kappa shape index (κ1) is 18.2. The van der Waals surface area contributed by atoms with E-state index in [4.69, 9.17) is 9.47 Å². The van der Waals surface area contributed by atoms with Crippen molar-refractivity contribution in [1.82, 2.24) is 9.80 Å². The maximum absolute atomic E-state index is 12.3. The van der Waals surface area contributed by atoms with Crippen LogP contribution in [0.4, 0.5) is 13.2 Å². The fraction of sp³-hybridized carbons (Fsp3) is 0.923. The van der Waals surface area contributed by atoms with E-state index in [0.29, 0.717) is 24.6 Å². The number of alkyl halides is 3. The van der Waals surface area contributed by atoms with E-state index in [9.17, 15) is 18.0 Å². The zero-order valence-electron chi connectivity index (χ0n) is 12.9. The minimum absolute atomic E-state index is 0.0560. The summed E-state index contributed by atoms with van der Waals surface area (Å²) in [4.78, 5) is 14.4. The van der Waals surface area contributed by atoms with Crippen LogP contribution in [-0.4, -0.2) is 80.5 Å². The lowest BCUT2D eigenvalue weighted by Gasteiger charge is -2.42. The molecule has 0 saturated carbocycles. The second-order valence-electron chi connectivity index (χ2n) is 5.99. The molecule has 21 heavy (non-hydrogen) atoms. The number of carbonyl (C=O) groups is 1. The van der Waals surface area contributed by atoms with Gasteiger partial charge in [0.2, 0.25) is 5.91 Å². The fourth-order valence-corrected chi connectivity index (χ4v) is 2.48. The standard InChI is InChI=1S/C13H23F3N2O3/c1-12(2)8-18(5-10(21-12)7-20-4)6-11(19)17(3)9-13(14,15)16/h10H,5-9H2,1-4H3/t10-/m0/s1. The van der Waals surface area contributed by atoms with E-state index in [-0.39, 0.29) is 12.6 Å². The summed E-state index contributed by atoms with van der Waals surface area (Å²) in [6, 6.07) is 0. The number of likely N-dealkylation sites (N-methyl/N-ethyl adjacent to an activating group) is 1. The maximum atomic E-state index is 12.3. The van der Waals surface area contributed by atoms with Crippen LogP contribution in [0.25, 0.3) is 0 Å². The van der Waals surface area contributed by atoms with Crippen molar-refractivity contribution < 1.29 is 27.4 Å². The van der Waals surface area contributed by atoms with Gasteiger partial charge >= 0.3 is 6.18 Å². The van der Waals surface area contributed by atoms with Crippen molar-refractivity contribution in [1.29, 1.82) is 0 Å². The molecule has 1 heterocycles. The highest BCUT2D eigenvalue weighted by Gasteiger charge is 2.36. The number of carbonyl (C=O) groups excluding carboxylic acids is 1. The molecule has 0 bridgehead atoms. The first-order chi connectivity index (χ1) is 9.52. The van der Waals surface area contributed by atoms with Gasteiger partial charge in [-0.2, -0.15) is 13.2 Å². The second kappa shape index (κ2) is 6.93. The molecule has 0 spiro atoms. The van der Waals surface area contributed by atoms with Crippen LogP contribution in [0.5, 0.6) is 0 Å². The molecular weight excluding hydrogens is 289 g/mol. The van der Waals surface area contributed by atoms with Gasteiger partial charge in [0.1, 0.15) is 6.54 Å². The van der Waals surface area contributed by atoms with Gasteiger partial charge in [0, 0.05) is 27.2 Å². The van der Waals surface area contributed by atoms with E-state index in [2.05, 4.69) is 0 Å². The number of hydrogen-bond donors (Lipinski definition) is 0. The number of ether oxygens (including phenoxy) is 2. The quantitative estimate of drug-likeness (QED) is 0.763. The van der Waals surface area contributed by atoms with E-state index < -0.39 is 24.2 Å². The van der Waals surface area contributed by atoms with Crippen molar-refractivity contribution >= 4 is 5.91 Å². The van der Waals surface area contributed by atoms with Gasteiger partial charge < -0.3 is 14.4 Å². The Balaban J connectivity index is 2.58. The zero-order valence-corrected chi connectivity index (χ0v) is 12.9. The molecule has 1 rings (SSSR count). The number of nitrogens with zero attached hydrogens (tertiary/aromatic N) is 2. The first-order valence-corrected chi connectivity index (χ1v) is 6.72. The summed E-state index contributed by atoms with van der Waals surface area (Å²) in [6.07, 6.45) is -4.58. The predicted molar refractivity (Wildman–Crippen MR) is 71.0 cm³/mol. The molecule has 0 aromatic rings. The second-order valence-corrected chi connectivity index (χ2v) is 5.99. The SMILES string of the molecule is COC[C@@H]1CN(CC(=O)N(C)CC(F)(F)F)CC(C)(C)O1. The summed E-state index contributed by atoms with van der Waals surface area (Å²) < 4.78 is 47.7. The van der Waals surface area contributed by atoms with Crippen LogP contribution in [0, 0.1) is 0 Å². The highest BCUT2D eigenvalue weighted by Crippen LogP contribution is 2.21. The van der Waals surface area contributed by atoms with Gasteiger partial charge in [-0.15, -0.1) is 0 Å². The van der Waals surface area contributed by atoms with Crippen LogP contribution < -0.4 is 0 Å². The number of halogens is 3. The molecule has 1 amide bonds. The van der Waals surface area contributed by atoms with Gasteiger partial charge in [-0.25, -0.2) is 0 Å². The van der Waals surface area contributed by atoms with E-state index in [1.807, 2.05) is 18.7 Å². The molecule has 8 heteroatoms. The van der Waals surface area contributed by atoms with Crippen molar-refractivity contribution in [3.63, 3.8) is 0 Å². The van der Waals surface area contributed by atoms with Crippen LogP contribution in [-0.2, 0) is 14.3 Å². The summed E-state index contributed by atoms with van der Waals surface area (Å²) >= 11 is 0. The van der Waals surface area contributed by atoms with E-state index >= 15 is 0 Å². The summed E-state index contributed by atoms with van der Waals surface area (Å²) in [5.74, 6) is -0.554. The third-order valence-corrected chi connectivity index (χ3v) is 3.11. The zero-order chi connectivity index (χ0) is 16.3. The van der Waals surface area contributed by atoms with Crippen molar-refractivity contribution in [3.05, 3.63) is 0 Å². The van der Waals surface area contributed by atoms with E-state index in [1.54, 1.807) is 7.11 Å². The summed E-state index contributed by atoms with van der Waals surface area (Å²) in [5, 5.41) is 0. The lowest BCUT2D eigenvalue weighted by molar-refractivity contribution is -0.168. The minimum Gasteiger partial charge on any atom is -0.382 e. The van der Waals surface area contributed by atoms with E-state index in [0.717, 1.165) is 7.05 Å². The van der Waals surface area contributed by atoms with Gasteiger partial charge in [-0.1, -0.05) is 0 Å². The van der Waals surface area contributed by atoms with E-state index in [1.165, 1.54) is 0 Å². The molecule has 0 radical (unpaired) electrons. The number of hydrogen-bond acceptors (Lipinski definition) is 4. The van der Waals surface area contributed by atoms with Crippen LogP contribution in [0.2, 0.25) is 0 Å². The molecule has 0 aromatic carbocycles. The highest BCUT2D eigenvalue weighted by atomic mass is 19.4. The Hall–Kier alpha value is -0.860. The Morgan fingerprint density at radius 1 is 1.48 bits per heavy atom. The monoisotopic (exact) mass is 312 g/mol. The molecule has 1 fully saturated rings. The van der Waals surface area contributed by atoms with Crippen LogP contribution in [0.3, 0.4) is 0 Å². The molecular formula is C13H23F3N2O3. The number of methoxy groups -OCH3 is 1. The summed E-state index contributed by atoms with van der Waals surface area (Å²) in [5.41, 5.74) is -0.468. The molecule has 5 nitrogen and oxygen atoms in total. The minimum atomic E-state index is -4.38. The molecule has 0 aromatic heterocycles. The summed E-state index contributed by atoms with van der Waals surface area (Å²) in [6.45, 7) is 3.80. The van der Waals surface area contributed by atoms with Crippen molar-refractivity contribution in [2.45, 2.75) is 31.7 Å². The lowest BCUT2D eigenvalue weighted by Crippen LogP contribution is -2.56. The molecule has 0 N–H and O–H groups in total. The number of amides is 1. The third-order valence-electron chi connectivity index (χ3n) is 3.11. The Bertz CT molecular complexity index is 361. The number of rotatable bonds is 5. The van der Waals surface area contributed by atoms with Gasteiger partial charge in [0.15, 0.2) is 0 Å². The molecule has 0 aliphatic carbocycles. The molecule has 124 valence electrons. The number of morpholine rings is 1. The maximum Gasteiger partial charge on any atom is 0.406 e. The Kier molecular flexibility index (Phi) is 6.01. The smallest absolute Gasteiger partial charge is 0.382 e. The Morgan fingerprint density at radius 3 is 2.62 bits per heavy atom. The molecule has 1 saturated heterocycles.